The van der Waals surface area contributed by atoms with Crippen LogP contribution in [0.4, 0.5) is 0 Å². The van der Waals surface area contributed by atoms with E-state index in [4.69, 9.17) is 9.47 Å². The molecule has 0 radical (unpaired) electrons. The maximum absolute atomic E-state index is 6.10. The highest BCUT2D eigenvalue weighted by molar-refractivity contribution is 5.56. The summed E-state index contributed by atoms with van der Waals surface area (Å²) in [7, 11) is 0. The van der Waals surface area contributed by atoms with E-state index >= 15 is 0 Å². The maximum atomic E-state index is 6.10. The van der Waals surface area contributed by atoms with Gasteiger partial charge in [0.1, 0.15) is 5.60 Å². The second-order valence-electron chi connectivity index (χ2n) is 6.33. The molecule has 2 unspecified atom stereocenters. The molecule has 3 nitrogen and oxygen atoms in total. The van der Waals surface area contributed by atoms with Gasteiger partial charge in [0.05, 0.1) is 6.61 Å². The minimum atomic E-state index is -0.114. The van der Waals surface area contributed by atoms with Gasteiger partial charge < -0.3 is 14.8 Å². The zero-order valence-corrected chi connectivity index (χ0v) is 12.2. The van der Waals surface area contributed by atoms with E-state index in [1.54, 1.807) is 0 Å². The van der Waals surface area contributed by atoms with Crippen LogP contribution >= 0.6 is 0 Å². The number of nitrogens with one attached hydrogen (secondary N) is 1. The van der Waals surface area contributed by atoms with Gasteiger partial charge in [0, 0.05) is 29.5 Å². The van der Waals surface area contributed by atoms with Crippen molar-refractivity contribution in [1.82, 2.24) is 5.32 Å². The SMILES string of the molecule is CCNC1c2ccc3c(c2OCC1C)OC(C)(C)C3. The Balaban J connectivity index is 2.03. The van der Waals surface area contributed by atoms with Crippen molar-refractivity contribution in [2.45, 2.75) is 45.8 Å². The highest BCUT2D eigenvalue weighted by Gasteiger charge is 2.37. The lowest BCUT2D eigenvalue weighted by atomic mass is 9.90. The molecule has 3 heteroatoms. The first-order valence-electron chi connectivity index (χ1n) is 7.23. The molecular formula is C16H23NO2. The quantitative estimate of drug-likeness (QED) is 0.887. The van der Waals surface area contributed by atoms with Crippen LogP contribution in [0, 0.1) is 5.92 Å². The van der Waals surface area contributed by atoms with Gasteiger partial charge in [-0.1, -0.05) is 26.0 Å². The minimum absolute atomic E-state index is 0.114. The zero-order valence-electron chi connectivity index (χ0n) is 12.2. The van der Waals surface area contributed by atoms with E-state index in [0.717, 1.165) is 31.1 Å². The van der Waals surface area contributed by atoms with Crippen molar-refractivity contribution in [1.29, 1.82) is 0 Å². The Bertz CT molecular complexity index is 496. The van der Waals surface area contributed by atoms with Crippen LogP contribution in [0.15, 0.2) is 12.1 Å². The molecule has 0 saturated heterocycles. The first kappa shape index (κ1) is 12.8. The molecule has 3 rings (SSSR count). The summed E-state index contributed by atoms with van der Waals surface area (Å²) < 4.78 is 12.1. The Kier molecular flexibility index (Phi) is 2.97. The first-order valence-corrected chi connectivity index (χ1v) is 7.23. The maximum Gasteiger partial charge on any atom is 0.166 e. The van der Waals surface area contributed by atoms with E-state index < -0.39 is 0 Å². The molecule has 1 N–H and O–H groups in total. The second kappa shape index (κ2) is 4.41. The van der Waals surface area contributed by atoms with E-state index in [0.29, 0.717) is 12.0 Å². The number of hydrogen-bond acceptors (Lipinski definition) is 3. The Morgan fingerprint density at radius 3 is 2.84 bits per heavy atom. The molecule has 1 aromatic rings. The van der Waals surface area contributed by atoms with Crippen molar-refractivity contribution < 1.29 is 9.47 Å². The molecule has 1 aromatic carbocycles. The molecule has 0 spiro atoms. The van der Waals surface area contributed by atoms with E-state index in [-0.39, 0.29) is 5.60 Å². The number of rotatable bonds is 2. The number of hydrogen-bond donors (Lipinski definition) is 1. The van der Waals surface area contributed by atoms with Crippen LogP contribution in [0.3, 0.4) is 0 Å². The van der Waals surface area contributed by atoms with Crippen LogP contribution in [0.5, 0.6) is 11.5 Å². The molecule has 0 fully saturated rings. The lowest BCUT2D eigenvalue weighted by Gasteiger charge is -2.33. The third-order valence-electron chi connectivity index (χ3n) is 4.04. The lowest BCUT2D eigenvalue weighted by Crippen LogP contribution is -2.34. The number of fused-ring (bicyclic) bond motifs is 3. The second-order valence-corrected chi connectivity index (χ2v) is 6.33. The van der Waals surface area contributed by atoms with Crippen molar-refractivity contribution in [2.75, 3.05) is 13.2 Å². The van der Waals surface area contributed by atoms with Gasteiger partial charge in [0.25, 0.3) is 0 Å². The van der Waals surface area contributed by atoms with Gasteiger partial charge in [-0.2, -0.15) is 0 Å². The van der Waals surface area contributed by atoms with Crippen molar-refractivity contribution >= 4 is 0 Å². The molecule has 19 heavy (non-hydrogen) atoms. The normalized spacial score (nSPS) is 27.2. The molecule has 0 saturated carbocycles. The Morgan fingerprint density at radius 1 is 1.32 bits per heavy atom. The van der Waals surface area contributed by atoms with E-state index in [2.05, 4.69) is 45.1 Å². The summed E-state index contributed by atoms with van der Waals surface area (Å²) in [4.78, 5) is 0. The van der Waals surface area contributed by atoms with Crippen LogP contribution < -0.4 is 14.8 Å². The Labute approximate surface area is 115 Å². The van der Waals surface area contributed by atoms with Gasteiger partial charge in [-0.25, -0.2) is 0 Å². The van der Waals surface area contributed by atoms with Crippen LogP contribution in [0.2, 0.25) is 0 Å². The van der Waals surface area contributed by atoms with Crippen LogP contribution in [-0.4, -0.2) is 18.8 Å². The Morgan fingerprint density at radius 2 is 2.11 bits per heavy atom. The molecule has 0 amide bonds. The fraction of sp³-hybridized carbons (Fsp3) is 0.625. The molecule has 2 heterocycles. The van der Waals surface area contributed by atoms with Crippen LogP contribution in [0.25, 0.3) is 0 Å². The molecule has 104 valence electrons. The minimum Gasteiger partial charge on any atom is -0.489 e. The smallest absolute Gasteiger partial charge is 0.166 e. The molecular weight excluding hydrogens is 238 g/mol. The average molecular weight is 261 g/mol. The van der Waals surface area contributed by atoms with Gasteiger partial charge in [-0.15, -0.1) is 0 Å². The third kappa shape index (κ3) is 2.10. The third-order valence-corrected chi connectivity index (χ3v) is 4.04. The summed E-state index contributed by atoms with van der Waals surface area (Å²) in [5.41, 5.74) is 2.41. The van der Waals surface area contributed by atoms with Gasteiger partial charge >= 0.3 is 0 Å². The topological polar surface area (TPSA) is 30.5 Å². The van der Waals surface area contributed by atoms with E-state index in [9.17, 15) is 0 Å². The van der Waals surface area contributed by atoms with E-state index in [1.165, 1.54) is 11.1 Å². The summed E-state index contributed by atoms with van der Waals surface area (Å²) >= 11 is 0. The summed E-state index contributed by atoms with van der Waals surface area (Å²) in [6.07, 6.45) is 0.959. The predicted molar refractivity (Wildman–Crippen MR) is 75.9 cm³/mol. The van der Waals surface area contributed by atoms with Gasteiger partial charge in [0.2, 0.25) is 0 Å². The molecule has 0 aromatic heterocycles. The van der Waals surface area contributed by atoms with Crippen molar-refractivity contribution in [2.24, 2.45) is 5.92 Å². The van der Waals surface area contributed by atoms with Crippen molar-refractivity contribution in [3.8, 4) is 11.5 Å². The fourth-order valence-corrected chi connectivity index (χ4v) is 3.18. The largest absolute Gasteiger partial charge is 0.489 e. The average Bonchev–Trinajstić information content (AvgIpc) is 2.67. The molecule has 2 atom stereocenters. The van der Waals surface area contributed by atoms with Gasteiger partial charge in [-0.05, 0) is 20.4 Å². The molecule has 2 aliphatic rings. The summed E-state index contributed by atoms with van der Waals surface area (Å²) in [6.45, 7) is 10.4. The highest BCUT2D eigenvalue weighted by Crippen LogP contribution is 2.48. The first-order chi connectivity index (χ1) is 9.02. The van der Waals surface area contributed by atoms with E-state index in [1.807, 2.05) is 0 Å². The molecule has 0 aliphatic carbocycles. The van der Waals surface area contributed by atoms with Gasteiger partial charge in [0.15, 0.2) is 11.5 Å². The molecule has 0 bridgehead atoms. The van der Waals surface area contributed by atoms with Gasteiger partial charge in [-0.3, -0.25) is 0 Å². The Hall–Kier alpha value is -1.22. The molecule has 2 aliphatic heterocycles. The summed E-state index contributed by atoms with van der Waals surface area (Å²) in [5.74, 6) is 2.42. The highest BCUT2D eigenvalue weighted by atomic mass is 16.5. The predicted octanol–water partition coefficient (Wildman–Crippen LogP) is 3.08. The summed E-state index contributed by atoms with van der Waals surface area (Å²) in [6, 6.07) is 4.78. The standard InChI is InChI=1S/C16H23NO2/c1-5-17-13-10(2)9-18-15-12(13)7-6-11-8-16(3,4)19-14(11)15/h6-7,10,13,17H,5,8-9H2,1-4H3. The van der Waals surface area contributed by atoms with Crippen LogP contribution in [-0.2, 0) is 6.42 Å². The van der Waals surface area contributed by atoms with Crippen molar-refractivity contribution in [3.05, 3.63) is 23.3 Å². The summed E-state index contributed by atoms with van der Waals surface area (Å²) in [5, 5.41) is 3.57. The zero-order chi connectivity index (χ0) is 13.6. The van der Waals surface area contributed by atoms with Crippen molar-refractivity contribution in [3.63, 3.8) is 0 Å². The monoisotopic (exact) mass is 261 g/mol. The van der Waals surface area contributed by atoms with Crippen LogP contribution in [0.1, 0.15) is 44.9 Å². The lowest BCUT2D eigenvalue weighted by molar-refractivity contribution is 0.123. The number of ether oxygens (including phenoxy) is 2. The fourth-order valence-electron chi connectivity index (χ4n) is 3.18. The number of benzene rings is 1.